The summed E-state index contributed by atoms with van der Waals surface area (Å²) in [4.78, 5) is 2.71. The summed E-state index contributed by atoms with van der Waals surface area (Å²) in [6, 6.07) is 3.13. The molecule has 2 aliphatic rings. The van der Waals surface area contributed by atoms with Crippen molar-refractivity contribution in [1.29, 1.82) is 0 Å². The molecule has 1 aliphatic carbocycles. The largest absolute Gasteiger partial charge is 0.317 e. The van der Waals surface area contributed by atoms with Gasteiger partial charge in [-0.1, -0.05) is 6.92 Å². The van der Waals surface area contributed by atoms with Crippen molar-refractivity contribution < 1.29 is 0 Å². The molecule has 1 saturated heterocycles. The van der Waals surface area contributed by atoms with Gasteiger partial charge in [0.05, 0.1) is 11.4 Å². The van der Waals surface area contributed by atoms with Gasteiger partial charge in [-0.3, -0.25) is 9.58 Å². The van der Waals surface area contributed by atoms with E-state index in [-0.39, 0.29) is 0 Å². The lowest BCUT2D eigenvalue weighted by molar-refractivity contribution is 0.186. The lowest BCUT2D eigenvalue weighted by Gasteiger charge is -2.30. The number of aromatic nitrogens is 2. The maximum atomic E-state index is 4.59. The molecule has 0 atom stereocenters. The summed E-state index contributed by atoms with van der Waals surface area (Å²) in [5.41, 5.74) is 2.60. The molecule has 0 bridgehead atoms. The van der Waals surface area contributed by atoms with Crippen LogP contribution in [0.3, 0.4) is 0 Å². The number of rotatable bonds is 6. The van der Waals surface area contributed by atoms with Crippen LogP contribution in [0, 0.1) is 5.92 Å². The highest BCUT2D eigenvalue weighted by atomic mass is 15.3. The molecule has 1 aliphatic heterocycles. The molecular formula is C16H28N4. The molecule has 1 aromatic rings. The molecule has 2 heterocycles. The normalized spacial score (nSPS) is 20.8. The quantitative estimate of drug-likeness (QED) is 0.862. The van der Waals surface area contributed by atoms with E-state index in [9.17, 15) is 0 Å². The Morgan fingerprint density at radius 1 is 1.30 bits per heavy atom. The SMILES string of the molecule is CCc1cc(CN(CC2CCNCC2)C2CC2)n(C)n1. The topological polar surface area (TPSA) is 33.1 Å². The molecule has 1 N–H and O–H groups in total. The van der Waals surface area contributed by atoms with Crippen LogP contribution in [0.15, 0.2) is 6.07 Å². The number of piperidine rings is 1. The van der Waals surface area contributed by atoms with Crippen LogP contribution in [0.2, 0.25) is 0 Å². The lowest BCUT2D eigenvalue weighted by atomic mass is 9.97. The van der Waals surface area contributed by atoms with Crippen LogP contribution in [0.5, 0.6) is 0 Å². The van der Waals surface area contributed by atoms with E-state index in [1.165, 1.54) is 56.7 Å². The van der Waals surface area contributed by atoms with Gasteiger partial charge in [0.2, 0.25) is 0 Å². The predicted octanol–water partition coefficient (Wildman–Crippen LogP) is 1.95. The number of aryl methyl sites for hydroxylation is 2. The fraction of sp³-hybridized carbons (Fsp3) is 0.812. The Morgan fingerprint density at radius 3 is 2.65 bits per heavy atom. The first-order valence-corrected chi connectivity index (χ1v) is 8.22. The Balaban J connectivity index is 1.62. The van der Waals surface area contributed by atoms with Gasteiger partial charge in [0.25, 0.3) is 0 Å². The van der Waals surface area contributed by atoms with Crippen LogP contribution in [-0.2, 0) is 20.0 Å². The van der Waals surface area contributed by atoms with E-state index in [4.69, 9.17) is 0 Å². The van der Waals surface area contributed by atoms with Crippen LogP contribution in [-0.4, -0.2) is 40.4 Å². The molecule has 0 unspecified atom stereocenters. The van der Waals surface area contributed by atoms with E-state index in [0.717, 1.165) is 24.9 Å². The summed E-state index contributed by atoms with van der Waals surface area (Å²) < 4.78 is 2.08. The molecule has 3 rings (SSSR count). The molecule has 112 valence electrons. The van der Waals surface area contributed by atoms with Gasteiger partial charge in [-0.15, -0.1) is 0 Å². The number of nitrogens with one attached hydrogen (secondary N) is 1. The molecule has 0 spiro atoms. The maximum Gasteiger partial charge on any atom is 0.0625 e. The van der Waals surface area contributed by atoms with Gasteiger partial charge < -0.3 is 5.32 Å². The zero-order chi connectivity index (χ0) is 13.9. The van der Waals surface area contributed by atoms with Crippen molar-refractivity contribution >= 4 is 0 Å². The second kappa shape index (κ2) is 6.27. The summed E-state index contributed by atoms with van der Waals surface area (Å²) in [5, 5.41) is 8.06. The summed E-state index contributed by atoms with van der Waals surface area (Å²) >= 11 is 0. The van der Waals surface area contributed by atoms with Crippen molar-refractivity contribution in [3.63, 3.8) is 0 Å². The fourth-order valence-corrected chi connectivity index (χ4v) is 3.28. The molecular weight excluding hydrogens is 248 g/mol. The minimum Gasteiger partial charge on any atom is -0.317 e. The molecule has 1 saturated carbocycles. The van der Waals surface area contributed by atoms with Crippen LogP contribution in [0.25, 0.3) is 0 Å². The molecule has 4 nitrogen and oxygen atoms in total. The Morgan fingerprint density at radius 2 is 2.05 bits per heavy atom. The zero-order valence-electron chi connectivity index (χ0n) is 12.9. The van der Waals surface area contributed by atoms with Crippen molar-refractivity contribution in [1.82, 2.24) is 20.0 Å². The number of hydrogen-bond acceptors (Lipinski definition) is 3. The second-order valence-corrected chi connectivity index (χ2v) is 6.46. The van der Waals surface area contributed by atoms with E-state index < -0.39 is 0 Å². The minimum absolute atomic E-state index is 0.838. The third-order valence-electron chi connectivity index (χ3n) is 4.77. The highest BCUT2D eigenvalue weighted by Crippen LogP contribution is 2.30. The molecule has 1 aromatic heterocycles. The van der Waals surface area contributed by atoms with E-state index in [1.807, 2.05) is 0 Å². The highest BCUT2D eigenvalue weighted by Gasteiger charge is 2.31. The van der Waals surface area contributed by atoms with Crippen LogP contribution in [0.1, 0.15) is 44.0 Å². The average molecular weight is 276 g/mol. The van der Waals surface area contributed by atoms with Crippen LogP contribution >= 0.6 is 0 Å². The van der Waals surface area contributed by atoms with Crippen molar-refractivity contribution in [2.45, 2.75) is 51.6 Å². The standard InChI is InChI=1S/C16H28N4/c1-3-14-10-16(19(2)18-14)12-20(15-4-5-15)11-13-6-8-17-9-7-13/h10,13,15,17H,3-9,11-12H2,1-2H3. The van der Waals surface area contributed by atoms with Crippen molar-refractivity contribution in [2.75, 3.05) is 19.6 Å². The van der Waals surface area contributed by atoms with Gasteiger partial charge in [0, 0.05) is 26.2 Å². The van der Waals surface area contributed by atoms with Gasteiger partial charge in [-0.25, -0.2) is 0 Å². The summed E-state index contributed by atoms with van der Waals surface area (Å²) in [6.07, 6.45) is 6.50. The van der Waals surface area contributed by atoms with Gasteiger partial charge in [-0.2, -0.15) is 5.10 Å². The van der Waals surface area contributed by atoms with Gasteiger partial charge >= 0.3 is 0 Å². The van der Waals surface area contributed by atoms with Crippen molar-refractivity contribution in [3.05, 3.63) is 17.5 Å². The second-order valence-electron chi connectivity index (χ2n) is 6.46. The fourth-order valence-electron chi connectivity index (χ4n) is 3.28. The summed E-state index contributed by atoms with van der Waals surface area (Å²) in [7, 11) is 2.09. The molecule has 20 heavy (non-hydrogen) atoms. The predicted molar refractivity (Wildman–Crippen MR) is 81.6 cm³/mol. The van der Waals surface area contributed by atoms with Gasteiger partial charge in [-0.05, 0) is 57.2 Å². The van der Waals surface area contributed by atoms with Gasteiger partial charge in [0.1, 0.15) is 0 Å². The van der Waals surface area contributed by atoms with Crippen LogP contribution in [0.4, 0.5) is 0 Å². The zero-order valence-corrected chi connectivity index (χ0v) is 12.9. The monoisotopic (exact) mass is 276 g/mol. The lowest BCUT2D eigenvalue weighted by Crippen LogP contribution is -2.37. The third-order valence-corrected chi connectivity index (χ3v) is 4.77. The molecule has 0 aromatic carbocycles. The molecule has 0 amide bonds. The third kappa shape index (κ3) is 3.41. The summed E-state index contributed by atoms with van der Waals surface area (Å²) in [5.74, 6) is 0.885. The van der Waals surface area contributed by atoms with E-state index in [0.29, 0.717) is 0 Å². The minimum atomic E-state index is 0.838. The van der Waals surface area contributed by atoms with E-state index >= 15 is 0 Å². The van der Waals surface area contributed by atoms with Crippen molar-refractivity contribution in [3.8, 4) is 0 Å². The Labute approximate surface area is 122 Å². The Bertz CT molecular complexity index is 430. The smallest absolute Gasteiger partial charge is 0.0625 e. The molecule has 4 heteroatoms. The number of nitrogens with zero attached hydrogens (tertiary/aromatic N) is 3. The first-order valence-electron chi connectivity index (χ1n) is 8.22. The summed E-state index contributed by atoms with van der Waals surface area (Å²) in [6.45, 7) is 6.95. The Kier molecular flexibility index (Phi) is 4.41. The maximum absolute atomic E-state index is 4.59. The first kappa shape index (κ1) is 14.1. The molecule has 0 radical (unpaired) electrons. The van der Waals surface area contributed by atoms with Crippen LogP contribution < -0.4 is 5.32 Å². The Hall–Kier alpha value is -0.870. The van der Waals surface area contributed by atoms with E-state index in [1.54, 1.807) is 0 Å². The van der Waals surface area contributed by atoms with Gasteiger partial charge in [0.15, 0.2) is 0 Å². The van der Waals surface area contributed by atoms with Crippen molar-refractivity contribution in [2.24, 2.45) is 13.0 Å². The molecule has 2 fully saturated rings. The highest BCUT2D eigenvalue weighted by molar-refractivity contribution is 5.10. The van der Waals surface area contributed by atoms with E-state index in [2.05, 4.69) is 40.0 Å². The average Bonchev–Trinajstić information content (AvgIpc) is 3.25. The first-order chi connectivity index (χ1) is 9.76. The number of hydrogen-bond donors (Lipinski definition) is 1.